The molecule has 0 aromatic rings. The lowest BCUT2D eigenvalue weighted by atomic mass is 9.78. The molecule has 2 unspecified atom stereocenters. The Kier molecular flexibility index (Phi) is 5.84. The molecule has 1 aliphatic rings. The van der Waals surface area contributed by atoms with Crippen LogP contribution in [0.2, 0.25) is 0 Å². The van der Waals surface area contributed by atoms with Crippen molar-refractivity contribution in [3.8, 4) is 0 Å². The highest BCUT2D eigenvalue weighted by atomic mass is 16.6. The Morgan fingerprint density at radius 2 is 2.00 bits per heavy atom. The van der Waals surface area contributed by atoms with Crippen LogP contribution in [0.5, 0.6) is 0 Å². The topological polar surface area (TPSA) is 75.6 Å². The van der Waals surface area contributed by atoms with Crippen LogP contribution in [-0.4, -0.2) is 28.8 Å². The predicted octanol–water partition coefficient (Wildman–Crippen LogP) is 3.18. The normalized spacial score (nSPS) is 24.8. The minimum atomic E-state index is -0.885. The van der Waals surface area contributed by atoms with Gasteiger partial charge in [0.05, 0.1) is 6.42 Å². The molecule has 0 aliphatic heterocycles. The van der Waals surface area contributed by atoms with E-state index in [2.05, 4.69) is 12.2 Å². The molecular weight excluding hydrogens is 258 g/mol. The summed E-state index contributed by atoms with van der Waals surface area (Å²) in [5, 5.41) is 11.8. The number of carboxylic acid groups (broad SMARTS) is 1. The van der Waals surface area contributed by atoms with Crippen LogP contribution in [-0.2, 0) is 9.53 Å². The Balaban J connectivity index is 2.64. The van der Waals surface area contributed by atoms with E-state index in [0.717, 1.165) is 19.3 Å². The average Bonchev–Trinajstić information content (AvgIpc) is 2.24. The second-order valence-electron chi connectivity index (χ2n) is 6.88. The highest BCUT2D eigenvalue weighted by Gasteiger charge is 2.30. The molecule has 0 heterocycles. The van der Waals surface area contributed by atoms with Gasteiger partial charge in [-0.2, -0.15) is 0 Å². The van der Waals surface area contributed by atoms with Crippen LogP contribution in [0, 0.1) is 11.8 Å². The van der Waals surface area contributed by atoms with Crippen molar-refractivity contribution in [2.45, 2.75) is 71.4 Å². The highest BCUT2D eigenvalue weighted by Crippen LogP contribution is 2.32. The average molecular weight is 285 g/mol. The Bertz CT molecular complexity index is 348. The van der Waals surface area contributed by atoms with Gasteiger partial charge in [-0.05, 0) is 45.4 Å². The molecule has 20 heavy (non-hydrogen) atoms. The third-order valence-corrected chi connectivity index (χ3v) is 3.64. The lowest BCUT2D eigenvalue weighted by Gasteiger charge is -2.33. The Labute approximate surface area is 121 Å². The number of alkyl carbamates (subject to hydrolysis) is 1. The number of rotatable bonds is 4. The summed E-state index contributed by atoms with van der Waals surface area (Å²) in [6, 6.07) is -0.343. The Morgan fingerprint density at radius 1 is 1.35 bits per heavy atom. The fraction of sp³-hybridized carbons (Fsp3) is 0.867. The van der Waals surface area contributed by atoms with Gasteiger partial charge >= 0.3 is 12.1 Å². The Hall–Kier alpha value is -1.26. The summed E-state index contributed by atoms with van der Waals surface area (Å²) in [5.74, 6) is -0.0721. The molecule has 2 N–H and O–H groups in total. The van der Waals surface area contributed by atoms with Crippen molar-refractivity contribution in [2.75, 3.05) is 0 Å². The fourth-order valence-electron chi connectivity index (χ4n) is 2.83. The first kappa shape index (κ1) is 16.8. The molecule has 1 saturated carbocycles. The van der Waals surface area contributed by atoms with Gasteiger partial charge in [0.1, 0.15) is 5.60 Å². The SMILES string of the molecule is CC1CCCC([C@@H](CC(=O)O)NC(=O)OC(C)(C)C)C1. The molecule has 5 nitrogen and oxygen atoms in total. The van der Waals surface area contributed by atoms with E-state index in [1.165, 1.54) is 6.42 Å². The lowest BCUT2D eigenvalue weighted by molar-refractivity contribution is -0.138. The van der Waals surface area contributed by atoms with Crippen molar-refractivity contribution in [2.24, 2.45) is 11.8 Å². The van der Waals surface area contributed by atoms with E-state index in [9.17, 15) is 9.59 Å². The van der Waals surface area contributed by atoms with Crippen LogP contribution < -0.4 is 5.32 Å². The number of ether oxygens (including phenoxy) is 1. The second kappa shape index (κ2) is 6.95. The van der Waals surface area contributed by atoms with Gasteiger partial charge in [-0.25, -0.2) is 4.79 Å². The van der Waals surface area contributed by atoms with Gasteiger partial charge in [0.15, 0.2) is 0 Å². The molecule has 0 spiro atoms. The smallest absolute Gasteiger partial charge is 0.407 e. The number of hydrogen-bond donors (Lipinski definition) is 2. The molecule has 3 atom stereocenters. The van der Waals surface area contributed by atoms with Crippen molar-refractivity contribution >= 4 is 12.1 Å². The highest BCUT2D eigenvalue weighted by molar-refractivity contribution is 5.71. The summed E-state index contributed by atoms with van der Waals surface area (Å²) < 4.78 is 5.22. The number of amides is 1. The lowest BCUT2D eigenvalue weighted by Crippen LogP contribution is -2.45. The first-order valence-electron chi connectivity index (χ1n) is 7.38. The van der Waals surface area contributed by atoms with Crippen molar-refractivity contribution in [3.05, 3.63) is 0 Å². The van der Waals surface area contributed by atoms with Gasteiger partial charge in [-0.3, -0.25) is 4.79 Å². The van der Waals surface area contributed by atoms with Gasteiger partial charge in [0, 0.05) is 6.04 Å². The minimum absolute atomic E-state index is 0.0450. The third-order valence-electron chi connectivity index (χ3n) is 3.64. The number of hydrogen-bond acceptors (Lipinski definition) is 3. The maximum Gasteiger partial charge on any atom is 0.407 e. The summed E-state index contributed by atoms with van der Waals surface area (Å²) >= 11 is 0. The van der Waals surface area contributed by atoms with Crippen LogP contribution in [0.15, 0.2) is 0 Å². The first-order chi connectivity index (χ1) is 9.17. The molecule has 0 radical (unpaired) electrons. The summed E-state index contributed by atoms with van der Waals surface area (Å²) in [6.45, 7) is 7.56. The number of aliphatic carboxylic acids is 1. The maximum atomic E-state index is 11.8. The van der Waals surface area contributed by atoms with Crippen molar-refractivity contribution in [1.82, 2.24) is 5.32 Å². The van der Waals surface area contributed by atoms with Crippen molar-refractivity contribution in [1.29, 1.82) is 0 Å². The number of carbonyl (C=O) groups is 2. The van der Waals surface area contributed by atoms with E-state index in [1.54, 1.807) is 20.8 Å². The molecule has 116 valence electrons. The van der Waals surface area contributed by atoms with Crippen LogP contribution in [0.4, 0.5) is 4.79 Å². The van der Waals surface area contributed by atoms with E-state index < -0.39 is 17.7 Å². The van der Waals surface area contributed by atoms with Crippen molar-refractivity contribution in [3.63, 3.8) is 0 Å². The molecule has 0 bridgehead atoms. The summed E-state index contributed by atoms with van der Waals surface area (Å²) in [6.07, 6.45) is 3.64. The summed E-state index contributed by atoms with van der Waals surface area (Å²) in [5.41, 5.74) is -0.572. The fourth-order valence-corrected chi connectivity index (χ4v) is 2.83. The molecule has 0 aromatic carbocycles. The van der Waals surface area contributed by atoms with Gasteiger partial charge in [-0.15, -0.1) is 0 Å². The van der Waals surface area contributed by atoms with Gasteiger partial charge in [0.25, 0.3) is 0 Å². The zero-order chi connectivity index (χ0) is 15.3. The minimum Gasteiger partial charge on any atom is -0.481 e. The largest absolute Gasteiger partial charge is 0.481 e. The van der Waals surface area contributed by atoms with E-state index in [0.29, 0.717) is 5.92 Å². The number of carbonyl (C=O) groups excluding carboxylic acids is 1. The zero-order valence-corrected chi connectivity index (χ0v) is 12.9. The molecule has 0 saturated heterocycles. The standard InChI is InChI=1S/C15H27NO4/c1-10-6-5-7-11(8-10)12(9-13(17)18)16-14(19)20-15(2,3)4/h10-12H,5-9H2,1-4H3,(H,16,19)(H,17,18)/t10?,11?,12-/m1/s1. The van der Waals surface area contributed by atoms with E-state index in [1.807, 2.05) is 0 Å². The van der Waals surface area contributed by atoms with E-state index in [4.69, 9.17) is 9.84 Å². The number of nitrogens with one attached hydrogen (secondary N) is 1. The van der Waals surface area contributed by atoms with Crippen molar-refractivity contribution < 1.29 is 19.4 Å². The summed E-state index contributed by atoms with van der Waals surface area (Å²) in [4.78, 5) is 22.9. The predicted molar refractivity (Wildman–Crippen MR) is 76.5 cm³/mol. The van der Waals surface area contributed by atoms with Gasteiger partial charge < -0.3 is 15.2 Å². The van der Waals surface area contributed by atoms with Crippen LogP contribution in [0.3, 0.4) is 0 Å². The molecule has 5 heteroatoms. The van der Waals surface area contributed by atoms with E-state index >= 15 is 0 Å². The monoisotopic (exact) mass is 285 g/mol. The quantitative estimate of drug-likeness (QED) is 0.831. The maximum absolute atomic E-state index is 11.8. The van der Waals surface area contributed by atoms with Gasteiger partial charge in [-0.1, -0.05) is 19.8 Å². The van der Waals surface area contributed by atoms with Crippen LogP contribution in [0.25, 0.3) is 0 Å². The Morgan fingerprint density at radius 3 is 2.50 bits per heavy atom. The molecule has 0 aromatic heterocycles. The molecule has 1 amide bonds. The molecular formula is C15H27NO4. The summed E-state index contributed by atoms with van der Waals surface area (Å²) in [7, 11) is 0. The second-order valence-corrected chi connectivity index (χ2v) is 6.88. The number of carboxylic acids is 1. The van der Waals surface area contributed by atoms with Crippen LogP contribution >= 0.6 is 0 Å². The third kappa shape index (κ3) is 6.26. The molecule has 1 fully saturated rings. The molecule has 1 rings (SSSR count). The molecule has 1 aliphatic carbocycles. The first-order valence-corrected chi connectivity index (χ1v) is 7.38. The van der Waals surface area contributed by atoms with E-state index in [-0.39, 0.29) is 18.4 Å². The zero-order valence-electron chi connectivity index (χ0n) is 12.9. The van der Waals surface area contributed by atoms with Crippen LogP contribution in [0.1, 0.15) is 59.8 Å². The van der Waals surface area contributed by atoms with Gasteiger partial charge in [0.2, 0.25) is 0 Å².